The molecule has 2 aromatic heterocycles. The Bertz CT molecular complexity index is 2860. The molecule has 11 rings (SSSR count). The Morgan fingerprint density at radius 3 is 1.92 bits per heavy atom. The quantitative estimate of drug-likeness (QED) is 0.182. The van der Waals surface area contributed by atoms with E-state index in [1.807, 2.05) is 23.5 Å². The van der Waals surface area contributed by atoms with E-state index in [2.05, 4.69) is 169 Å². The molecule has 4 heteroatoms. The summed E-state index contributed by atoms with van der Waals surface area (Å²) in [4.78, 5) is 5.32. The first-order valence-corrected chi connectivity index (χ1v) is 18.5. The van der Waals surface area contributed by atoms with Crippen molar-refractivity contribution in [3.05, 3.63) is 157 Å². The number of hydrogen-bond donors (Lipinski definition) is 0. The summed E-state index contributed by atoms with van der Waals surface area (Å²) < 4.78 is 4.93. The SMILES string of the molecule is CC1(C)c2ccccc2-c2ccc3c(c21)c1cc2c(cc1n3-c1ccc3c(c1)c1ccccc1n3-c1ccccc1)Sc1ccccc1S2. The molecule has 3 heterocycles. The Balaban J connectivity index is 1.24. The van der Waals surface area contributed by atoms with Crippen molar-refractivity contribution >= 4 is 67.1 Å². The minimum absolute atomic E-state index is 0.123. The number of benzene rings is 7. The van der Waals surface area contributed by atoms with Gasteiger partial charge in [0, 0.05) is 57.9 Å². The summed E-state index contributed by atoms with van der Waals surface area (Å²) in [5.41, 5.74) is 12.8. The molecule has 49 heavy (non-hydrogen) atoms. The third-order valence-corrected chi connectivity index (χ3v) is 13.3. The minimum atomic E-state index is -0.123. The van der Waals surface area contributed by atoms with Crippen LogP contribution in [0.15, 0.2) is 165 Å². The molecular formula is C45H30N2S2. The Labute approximate surface area is 293 Å². The molecule has 0 unspecified atom stereocenters. The van der Waals surface area contributed by atoms with Gasteiger partial charge in [0.25, 0.3) is 0 Å². The van der Waals surface area contributed by atoms with Gasteiger partial charge in [-0.1, -0.05) is 116 Å². The lowest BCUT2D eigenvalue weighted by molar-refractivity contribution is 0.666. The fourth-order valence-corrected chi connectivity index (χ4v) is 10.9. The third kappa shape index (κ3) is 3.76. The molecule has 7 aromatic carbocycles. The molecule has 1 aliphatic heterocycles. The highest BCUT2D eigenvalue weighted by Gasteiger charge is 2.38. The van der Waals surface area contributed by atoms with E-state index in [4.69, 9.17) is 0 Å². The average molecular weight is 663 g/mol. The van der Waals surface area contributed by atoms with Crippen LogP contribution in [-0.2, 0) is 5.41 Å². The number of hydrogen-bond acceptors (Lipinski definition) is 2. The van der Waals surface area contributed by atoms with E-state index in [0.717, 1.165) is 0 Å². The lowest BCUT2D eigenvalue weighted by atomic mass is 9.80. The molecule has 0 N–H and O–H groups in total. The van der Waals surface area contributed by atoms with Gasteiger partial charge in [-0.15, -0.1) is 0 Å². The number of aromatic nitrogens is 2. The second-order valence-corrected chi connectivity index (χ2v) is 15.9. The first kappa shape index (κ1) is 27.8. The van der Waals surface area contributed by atoms with Gasteiger partial charge in [0.15, 0.2) is 0 Å². The Kier molecular flexibility index (Phi) is 5.63. The maximum Gasteiger partial charge on any atom is 0.0553 e. The van der Waals surface area contributed by atoms with Crippen molar-refractivity contribution in [3.8, 4) is 22.5 Å². The van der Waals surface area contributed by atoms with E-state index >= 15 is 0 Å². The molecule has 0 fully saturated rings. The zero-order valence-corrected chi connectivity index (χ0v) is 28.7. The first-order valence-electron chi connectivity index (χ1n) is 16.9. The predicted molar refractivity (Wildman–Crippen MR) is 207 cm³/mol. The molecule has 0 bridgehead atoms. The van der Waals surface area contributed by atoms with Gasteiger partial charge < -0.3 is 9.13 Å². The van der Waals surface area contributed by atoms with Crippen LogP contribution >= 0.6 is 23.5 Å². The molecule has 0 amide bonds. The number of nitrogens with zero attached hydrogens (tertiary/aromatic N) is 2. The van der Waals surface area contributed by atoms with Gasteiger partial charge in [-0.05, 0) is 89.0 Å². The van der Waals surface area contributed by atoms with Crippen LogP contribution in [-0.4, -0.2) is 9.13 Å². The van der Waals surface area contributed by atoms with Crippen molar-refractivity contribution < 1.29 is 0 Å². The first-order chi connectivity index (χ1) is 24.1. The summed E-state index contributed by atoms with van der Waals surface area (Å²) >= 11 is 3.80. The van der Waals surface area contributed by atoms with Gasteiger partial charge in [-0.3, -0.25) is 0 Å². The van der Waals surface area contributed by atoms with Crippen LogP contribution in [0.3, 0.4) is 0 Å². The fourth-order valence-electron chi connectivity index (χ4n) is 8.63. The summed E-state index contributed by atoms with van der Waals surface area (Å²) in [6.45, 7) is 4.81. The molecule has 2 aliphatic rings. The second kappa shape index (κ2) is 9.94. The Morgan fingerprint density at radius 1 is 0.429 bits per heavy atom. The van der Waals surface area contributed by atoms with E-state index in [1.165, 1.54) is 96.8 Å². The number of rotatable bonds is 2. The van der Waals surface area contributed by atoms with Crippen molar-refractivity contribution in [2.45, 2.75) is 38.8 Å². The standard InChI is InChI=1S/C45H30N2S2/c1-45(2)34-16-8-6-14-29(34)31-21-23-37-43(44(31)45)33-25-41-42(49-40-19-11-10-18-39(40)48-41)26-38(33)47(37)28-20-22-36-32(24-28)30-15-7-9-17-35(30)46(36)27-12-4-3-5-13-27/h3-26H,1-2H3. The predicted octanol–water partition coefficient (Wildman–Crippen LogP) is 12.8. The summed E-state index contributed by atoms with van der Waals surface area (Å²) in [6, 6.07) is 54.1. The average Bonchev–Trinajstić information content (AvgIpc) is 3.72. The highest BCUT2D eigenvalue weighted by atomic mass is 32.2. The zero-order chi connectivity index (χ0) is 32.4. The van der Waals surface area contributed by atoms with Crippen molar-refractivity contribution in [1.82, 2.24) is 9.13 Å². The van der Waals surface area contributed by atoms with Gasteiger partial charge in [-0.2, -0.15) is 0 Å². The van der Waals surface area contributed by atoms with E-state index in [1.54, 1.807) is 0 Å². The maximum atomic E-state index is 2.53. The summed E-state index contributed by atoms with van der Waals surface area (Å²) in [5, 5.41) is 5.22. The van der Waals surface area contributed by atoms with E-state index in [9.17, 15) is 0 Å². The fraction of sp³-hybridized carbons (Fsp3) is 0.0667. The molecule has 1 aliphatic carbocycles. The van der Waals surface area contributed by atoms with Crippen LogP contribution in [0.4, 0.5) is 0 Å². The number of fused-ring (bicyclic) bond motifs is 12. The van der Waals surface area contributed by atoms with Gasteiger partial charge in [-0.25, -0.2) is 0 Å². The normalized spacial score (nSPS) is 14.3. The van der Waals surface area contributed by atoms with Crippen LogP contribution in [0.2, 0.25) is 0 Å². The van der Waals surface area contributed by atoms with E-state index in [0.29, 0.717) is 0 Å². The van der Waals surface area contributed by atoms with Crippen LogP contribution in [0.1, 0.15) is 25.0 Å². The number of para-hydroxylation sites is 2. The van der Waals surface area contributed by atoms with Crippen LogP contribution in [0.5, 0.6) is 0 Å². The van der Waals surface area contributed by atoms with Crippen molar-refractivity contribution in [2.24, 2.45) is 0 Å². The second-order valence-electron chi connectivity index (χ2n) is 13.7. The smallest absolute Gasteiger partial charge is 0.0553 e. The lowest BCUT2D eigenvalue weighted by Crippen LogP contribution is -2.15. The molecule has 0 radical (unpaired) electrons. The Morgan fingerprint density at radius 2 is 1.08 bits per heavy atom. The molecule has 0 saturated carbocycles. The van der Waals surface area contributed by atoms with Gasteiger partial charge in [0.1, 0.15) is 0 Å². The summed E-state index contributed by atoms with van der Waals surface area (Å²) in [6.07, 6.45) is 0. The van der Waals surface area contributed by atoms with E-state index in [-0.39, 0.29) is 5.41 Å². The Hall–Kier alpha value is -5.16. The summed E-state index contributed by atoms with van der Waals surface area (Å²) in [5.74, 6) is 0. The third-order valence-electron chi connectivity index (χ3n) is 10.7. The van der Waals surface area contributed by atoms with Crippen molar-refractivity contribution in [3.63, 3.8) is 0 Å². The molecule has 0 atom stereocenters. The monoisotopic (exact) mass is 662 g/mol. The van der Waals surface area contributed by atoms with Crippen molar-refractivity contribution in [1.29, 1.82) is 0 Å². The minimum Gasteiger partial charge on any atom is -0.309 e. The molecular weight excluding hydrogens is 633 g/mol. The van der Waals surface area contributed by atoms with Gasteiger partial charge in [0.2, 0.25) is 0 Å². The van der Waals surface area contributed by atoms with E-state index < -0.39 is 0 Å². The topological polar surface area (TPSA) is 9.86 Å². The van der Waals surface area contributed by atoms with Crippen LogP contribution in [0, 0.1) is 0 Å². The molecule has 2 nitrogen and oxygen atoms in total. The molecule has 9 aromatic rings. The molecule has 0 spiro atoms. The molecule has 0 saturated heterocycles. The molecule has 232 valence electrons. The zero-order valence-electron chi connectivity index (χ0n) is 27.1. The largest absolute Gasteiger partial charge is 0.309 e. The van der Waals surface area contributed by atoms with Crippen LogP contribution in [0.25, 0.3) is 66.1 Å². The maximum absolute atomic E-state index is 2.53. The van der Waals surface area contributed by atoms with Crippen LogP contribution < -0.4 is 0 Å². The van der Waals surface area contributed by atoms with Gasteiger partial charge >= 0.3 is 0 Å². The lowest BCUT2D eigenvalue weighted by Gasteiger charge is -2.23. The highest BCUT2D eigenvalue weighted by Crippen LogP contribution is 2.55. The summed E-state index contributed by atoms with van der Waals surface area (Å²) in [7, 11) is 0. The van der Waals surface area contributed by atoms with Gasteiger partial charge in [0.05, 0.1) is 22.1 Å². The van der Waals surface area contributed by atoms with Crippen molar-refractivity contribution in [2.75, 3.05) is 0 Å². The highest BCUT2D eigenvalue weighted by molar-refractivity contribution is 8.05.